The molecule has 5 nitrogen and oxygen atoms in total. The van der Waals surface area contributed by atoms with Gasteiger partial charge in [-0.3, -0.25) is 9.59 Å². The van der Waals surface area contributed by atoms with Gasteiger partial charge in [0.15, 0.2) is 0 Å². The number of pyridine rings is 1. The molecule has 0 saturated heterocycles. The third-order valence-corrected chi connectivity index (χ3v) is 2.74. The normalized spacial score (nSPS) is 12.5. The molecule has 0 aliphatic heterocycles. The maximum absolute atomic E-state index is 11.8. The molecule has 100 valence electrons. The Hall–Kier alpha value is -1.62. The van der Waals surface area contributed by atoms with Crippen molar-refractivity contribution in [2.45, 2.75) is 39.8 Å². The number of carbonyl (C=O) groups excluding carboxylic acids is 1. The van der Waals surface area contributed by atoms with Crippen LogP contribution in [0.3, 0.4) is 0 Å². The second-order valence-electron chi connectivity index (χ2n) is 4.71. The number of aromatic nitrogens is 1. The molecule has 0 aliphatic rings. The SMILES string of the molecule is CCCn1cc(NC(=O)[C@@H](N)C(C)C)ccc1=O. The van der Waals surface area contributed by atoms with E-state index in [1.807, 2.05) is 20.8 Å². The van der Waals surface area contributed by atoms with E-state index in [1.54, 1.807) is 16.8 Å². The molecule has 0 radical (unpaired) electrons. The fourth-order valence-electron chi connectivity index (χ4n) is 1.55. The van der Waals surface area contributed by atoms with Crippen LogP contribution in [0.25, 0.3) is 0 Å². The van der Waals surface area contributed by atoms with Crippen LogP contribution >= 0.6 is 0 Å². The van der Waals surface area contributed by atoms with Crippen LogP contribution in [0, 0.1) is 5.92 Å². The Labute approximate surface area is 107 Å². The number of anilines is 1. The monoisotopic (exact) mass is 251 g/mol. The van der Waals surface area contributed by atoms with Crippen LogP contribution < -0.4 is 16.6 Å². The van der Waals surface area contributed by atoms with Gasteiger partial charge < -0.3 is 15.6 Å². The van der Waals surface area contributed by atoms with E-state index < -0.39 is 6.04 Å². The van der Waals surface area contributed by atoms with Gasteiger partial charge in [0, 0.05) is 18.8 Å². The molecule has 3 N–H and O–H groups in total. The lowest BCUT2D eigenvalue weighted by atomic mass is 10.1. The highest BCUT2D eigenvalue weighted by Crippen LogP contribution is 2.07. The van der Waals surface area contributed by atoms with Crippen molar-refractivity contribution in [2.75, 3.05) is 5.32 Å². The summed E-state index contributed by atoms with van der Waals surface area (Å²) < 4.78 is 1.58. The van der Waals surface area contributed by atoms with Crippen molar-refractivity contribution in [1.29, 1.82) is 0 Å². The van der Waals surface area contributed by atoms with Gasteiger partial charge in [-0.05, 0) is 18.4 Å². The highest BCUT2D eigenvalue weighted by atomic mass is 16.2. The third kappa shape index (κ3) is 3.70. The van der Waals surface area contributed by atoms with Gasteiger partial charge in [-0.1, -0.05) is 20.8 Å². The van der Waals surface area contributed by atoms with E-state index in [0.29, 0.717) is 12.2 Å². The summed E-state index contributed by atoms with van der Waals surface area (Å²) in [4.78, 5) is 23.3. The van der Waals surface area contributed by atoms with Crippen molar-refractivity contribution in [1.82, 2.24) is 4.57 Å². The van der Waals surface area contributed by atoms with Gasteiger partial charge in [-0.2, -0.15) is 0 Å². The number of hydrogen-bond acceptors (Lipinski definition) is 3. The maximum atomic E-state index is 11.8. The zero-order valence-electron chi connectivity index (χ0n) is 11.1. The summed E-state index contributed by atoms with van der Waals surface area (Å²) in [5.41, 5.74) is 6.29. The number of nitrogens with two attached hydrogens (primary N) is 1. The molecule has 1 atom stereocenters. The number of carbonyl (C=O) groups is 1. The van der Waals surface area contributed by atoms with E-state index >= 15 is 0 Å². The Balaban J connectivity index is 2.82. The molecule has 0 aromatic carbocycles. The molecule has 0 aliphatic carbocycles. The van der Waals surface area contributed by atoms with E-state index in [-0.39, 0.29) is 17.4 Å². The molecule has 0 fully saturated rings. The summed E-state index contributed by atoms with van der Waals surface area (Å²) >= 11 is 0. The number of amides is 1. The first-order valence-corrected chi connectivity index (χ1v) is 6.22. The highest BCUT2D eigenvalue weighted by molar-refractivity contribution is 5.94. The smallest absolute Gasteiger partial charge is 0.250 e. The standard InChI is InChI=1S/C13H21N3O2/c1-4-7-16-8-10(5-6-11(16)17)15-13(18)12(14)9(2)3/h5-6,8-9,12H,4,7,14H2,1-3H3,(H,15,18)/t12-/m0/s1. The maximum Gasteiger partial charge on any atom is 0.250 e. The van der Waals surface area contributed by atoms with E-state index in [4.69, 9.17) is 5.73 Å². The van der Waals surface area contributed by atoms with Crippen molar-refractivity contribution >= 4 is 11.6 Å². The fraction of sp³-hybridized carbons (Fsp3) is 0.538. The van der Waals surface area contributed by atoms with Gasteiger partial charge in [0.25, 0.3) is 5.56 Å². The van der Waals surface area contributed by atoms with Crippen LogP contribution in [0.5, 0.6) is 0 Å². The lowest BCUT2D eigenvalue weighted by molar-refractivity contribution is -0.118. The minimum atomic E-state index is -0.545. The molecule has 1 amide bonds. The molecule has 1 rings (SSSR count). The fourth-order valence-corrected chi connectivity index (χ4v) is 1.55. The zero-order chi connectivity index (χ0) is 13.7. The van der Waals surface area contributed by atoms with Gasteiger partial charge in [-0.25, -0.2) is 0 Å². The van der Waals surface area contributed by atoms with Crippen LogP contribution in [0.4, 0.5) is 5.69 Å². The highest BCUT2D eigenvalue weighted by Gasteiger charge is 2.17. The predicted molar refractivity (Wildman–Crippen MR) is 72.4 cm³/mol. The number of nitrogens with one attached hydrogen (secondary N) is 1. The largest absolute Gasteiger partial charge is 0.323 e. The van der Waals surface area contributed by atoms with Crippen molar-refractivity contribution < 1.29 is 4.79 Å². The first-order chi connectivity index (χ1) is 8.45. The molecule has 0 bridgehead atoms. The lowest BCUT2D eigenvalue weighted by Crippen LogP contribution is -2.40. The predicted octanol–water partition coefficient (Wildman–Crippen LogP) is 1.18. The summed E-state index contributed by atoms with van der Waals surface area (Å²) in [7, 11) is 0. The van der Waals surface area contributed by atoms with Gasteiger partial charge in [-0.15, -0.1) is 0 Å². The van der Waals surface area contributed by atoms with Crippen molar-refractivity contribution in [2.24, 2.45) is 11.7 Å². The van der Waals surface area contributed by atoms with Gasteiger partial charge in [0.1, 0.15) is 0 Å². The topological polar surface area (TPSA) is 77.1 Å². The van der Waals surface area contributed by atoms with Crippen molar-refractivity contribution in [3.8, 4) is 0 Å². The summed E-state index contributed by atoms with van der Waals surface area (Å²) in [6.07, 6.45) is 2.51. The second kappa shape index (κ2) is 6.35. The number of aryl methyl sites for hydroxylation is 1. The third-order valence-electron chi connectivity index (χ3n) is 2.74. The molecule has 1 heterocycles. The van der Waals surface area contributed by atoms with Gasteiger partial charge >= 0.3 is 0 Å². The molecule has 1 aromatic heterocycles. The minimum absolute atomic E-state index is 0.0667. The van der Waals surface area contributed by atoms with Gasteiger partial charge in [0.05, 0.1) is 11.7 Å². The Kier molecular flexibility index (Phi) is 5.09. The van der Waals surface area contributed by atoms with Crippen LogP contribution in [-0.2, 0) is 11.3 Å². The molecular weight excluding hydrogens is 230 g/mol. The molecule has 5 heteroatoms. The summed E-state index contributed by atoms with van der Waals surface area (Å²) in [6.45, 7) is 6.41. The molecule has 1 aromatic rings. The zero-order valence-corrected chi connectivity index (χ0v) is 11.1. The van der Waals surface area contributed by atoms with E-state index in [1.165, 1.54) is 6.07 Å². The van der Waals surface area contributed by atoms with Crippen LogP contribution in [-0.4, -0.2) is 16.5 Å². The Morgan fingerprint density at radius 2 is 2.11 bits per heavy atom. The van der Waals surface area contributed by atoms with Crippen LogP contribution in [0.1, 0.15) is 27.2 Å². The number of nitrogens with zero attached hydrogens (tertiary/aromatic N) is 1. The first kappa shape index (κ1) is 14.4. The van der Waals surface area contributed by atoms with Crippen molar-refractivity contribution in [3.63, 3.8) is 0 Å². The van der Waals surface area contributed by atoms with E-state index in [0.717, 1.165) is 6.42 Å². The van der Waals surface area contributed by atoms with Crippen molar-refractivity contribution in [3.05, 3.63) is 28.7 Å². The number of rotatable bonds is 5. The summed E-state index contributed by atoms with van der Waals surface area (Å²) in [5.74, 6) is -0.154. The molecule has 18 heavy (non-hydrogen) atoms. The average molecular weight is 251 g/mol. The van der Waals surface area contributed by atoms with Gasteiger partial charge in [0.2, 0.25) is 5.91 Å². The summed E-state index contributed by atoms with van der Waals surface area (Å²) in [6, 6.07) is 2.50. The molecule has 0 saturated carbocycles. The first-order valence-electron chi connectivity index (χ1n) is 6.22. The quantitative estimate of drug-likeness (QED) is 0.825. The minimum Gasteiger partial charge on any atom is -0.323 e. The second-order valence-corrected chi connectivity index (χ2v) is 4.71. The Morgan fingerprint density at radius 3 is 2.67 bits per heavy atom. The molecule has 0 unspecified atom stereocenters. The Morgan fingerprint density at radius 1 is 1.44 bits per heavy atom. The van der Waals surface area contributed by atoms with Crippen LogP contribution in [0.2, 0.25) is 0 Å². The summed E-state index contributed by atoms with van der Waals surface area (Å²) in [5, 5.41) is 2.73. The molecular formula is C13H21N3O2. The molecule has 0 spiro atoms. The van der Waals surface area contributed by atoms with E-state index in [2.05, 4.69) is 5.32 Å². The van der Waals surface area contributed by atoms with Crippen LogP contribution in [0.15, 0.2) is 23.1 Å². The average Bonchev–Trinajstić information content (AvgIpc) is 2.32. The number of hydrogen-bond donors (Lipinski definition) is 2. The van der Waals surface area contributed by atoms with E-state index in [9.17, 15) is 9.59 Å². The lowest BCUT2D eigenvalue weighted by Gasteiger charge is -2.15. The Bertz CT molecular complexity index is 466.